The normalized spacial score (nSPS) is 11.2. The molecular formula is C17H13ClN2O3. The number of aromatic amines is 1. The molecule has 5 nitrogen and oxygen atoms in total. The fourth-order valence-electron chi connectivity index (χ4n) is 2.27. The molecule has 116 valence electrons. The van der Waals surface area contributed by atoms with Crippen molar-refractivity contribution in [3.63, 3.8) is 0 Å². The van der Waals surface area contributed by atoms with Gasteiger partial charge in [0.2, 0.25) is 0 Å². The van der Waals surface area contributed by atoms with Crippen molar-refractivity contribution in [1.29, 1.82) is 0 Å². The average Bonchev–Trinajstić information content (AvgIpc) is 2.87. The van der Waals surface area contributed by atoms with Gasteiger partial charge in [0, 0.05) is 22.1 Å². The van der Waals surface area contributed by atoms with Gasteiger partial charge in [-0.05, 0) is 36.4 Å². The third-order valence-corrected chi connectivity index (χ3v) is 3.63. The molecule has 1 heterocycles. The second kappa shape index (κ2) is 6.14. The fraction of sp³-hybridized carbons (Fsp3) is 0.0588. The smallest absolute Gasteiger partial charge is 0.337 e. The first-order chi connectivity index (χ1) is 11.1. The van der Waals surface area contributed by atoms with Gasteiger partial charge in [0.25, 0.3) is 0 Å². The number of rotatable bonds is 3. The maximum atomic E-state index is 11.5. The first-order valence-corrected chi connectivity index (χ1v) is 7.19. The Labute approximate surface area is 137 Å². The Hall–Kier alpha value is -2.79. The molecule has 3 aromatic rings. The molecule has 0 aliphatic rings. The molecule has 2 N–H and O–H groups in total. The summed E-state index contributed by atoms with van der Waals surface area (Å²) in [6.07, 6.45) is 1.53. The standard InChI is InChI=1S/C17H13ClN2O3/c1-23-17(22)10-3-2-4-12(7-10)19-9-14-13-8-11(18)5-6-15(13)20-16(14)21/h2-9,20-21H,1H3. The molecule has 0 radical (unpaired) electrons. The van der Waals surface area contributed by atoms with Crippen molar-refractivity contribution in [3.05, 3.63) is 58.6 Å². The highest BCUT2D eigenvalue weighted by atomic mass is 35.5. The van der Waals surface area contributed by atoms with Crippen LogP contribution in [0.2, 0.25) is 5.02 Å². The maximum Gasteiger partial charge on any atom is 0.337 e. The van der Waals surface area contributed by atoms with Gasteiger partial charge >= 0.3 is 5.97 Å². The van der Waals surface area contributed by atoms with Crippen LogP contribution in [0.1, 0.15) is 15.9 Å². The van der Waals surface area contributed by atoms with Gasteiger partial charge in [-0.1, -0.05) is 17.7 Å². The van der Waals surface area contributed by atoms with Crippen LogP contribution in [0.15, 0.2) is 47.5 Å². The third kappa shape index (κ3) is 3.05. The summed E-state index contributed by atoms with van der Waals surface area (Å²) in [6, 6.07) is 12.0. The van der Waals surface area contributed by atoms with Crippen molar-refractivity contribution in [1.82, 2.24) is 4.98 Å². The molecule has 0 spiro atoms. The van der Waals surface area contributed by atoms with Crippen LogP contribution in [0.5, 0.6) is 5.88 Å². The molecule has 23 heavy (non-hydrogen) atoms. The summed E-state index contributed by atoms with van der Waals surface area (Å²) in [4.78, 5) is 18.7. The highest BCUT2D eigenvalue weighted by molar-refractivity contribution is 6.31. The molecule has 0 saturated carbocycles. The summed E-state index contributed by atoms with van der Waals surface area (Å²) in [7, 11) is 1.33. The number of aliphatic imine (C=N–C) groups is 1. The number of benzene rings is 2. The summed E-state index contributed by atoms with van der Waals surface area (Å²) < 4.78 is 4.68. The van der Waals surface area contributed by atoms with Gasteiger partial charge in [-0.2, -0.15) is 0 Å². The van der Waals surface area contributed by atoms with E-state index in [4.69, 9.17) is 11.6 Å². The van der Waals surface area contributed by atoms with Crippen molar-refractivity contribution in [3.8, 4) is 5.88 Å². The number of hydrogen-bond donors (Lipinski definition) is 2. The number of carbonyl (C=O) groups is 1. The van der Waals surface area contributed by atoms with Crippen LogP contribution in [0, 0.1) is 0 Å². The molecule has 0 atom stereocenters. The SMILES string of the molecule is COC(=O)c1cccc(N=Cc2c(O)[nH]c3ccc(Cl)cc23)c1. The van der Waals surface area contributed by atoms with Gasteiger partial charge in [0.1, 0.15) is 0 Å². The Kier molecular flexibility index (Phi) is 4.04. The zero-order valence-electron chi connectivity index (χ0n) is 12.2. The van der Waals surface area contributed by atoms with E-state index in [0.29, 0.717) is 21.8 Å². The van der Waals surface area contributed by atoms with Gasteiger partial charge in [-0.3, -0.25) is 4.99 Å². The summed E-state index contributed by atoms with van der Waals surface area (Å²) in [5.74, 6) is -0.418. The van der Waals surface area contributed by atoms with E-state index in [2.05, 4.69) is 14.7 Å². The van der Waals surface area contributed by atoms with Gasteiger partial charge in [-0.15, -0.1) is 0 Å². The van der Waals surface area contributed by atoms with Crippen molar-refractivity contribution in [2.24, 2.45) is 4.99 Å². The van der Waals surface area contributed by atoms with E-state index in [0.717, 1.165) is 10.9 Å². The number of esters is 1. The lowest BCUT2D eigenvalue weighted by Gasteiger charge is -2.00. The fourth-order valence-corrected chi connectivity index (χ4v) is 2.44. The Morgan fingerprint density at radius 3 is 2.91 bits per heavy atom. The third-order valence-electron chi connectivity index (χ3n) is 3.39. The molecule has 0 fully saturated rings. The number of methoxy groups -OCH3 is 1. The van der Waals surface area contributed by atoms with Crippen LogP contribution < -0.4 is 0 Å². The minimum Gasteiger partial charge on any atom is -0.494 e. The monoisotopic (exact) mass is 328 g/mol. The van der Waals surface area contributed by atoms with E-state index in [1.807, 2.05) is 0 Å². The molecule has 0 bridgehead atoms. The van der Waals surface area contributed by atoms with E-state index in [1.54, 1.807) is 42.5 Å². The van der Waals surface area contributed by atoms with Crippen LogP contribution >= 0.6 is 11.6 Å². The van der Waals surface area contributed by atoms with Crippen molar-refractivity contribution < 1.29 is 14.6 Å². The van der Waals surface area contributed by atoms with Crippen molar-refractivity contribution in [2.45, 2.75) is 0 Å². The van der Waals surface area contributed by atoms with E-state index >= 15 is 0 Å². The number of fused-ring (bicyclic) bond motifs is 1. The van der Waals surface area contributed by atoms with Crippen LogP contribution in [0.4, 0.5) is 5.69 Å². The summed E-state index contributed by atoms with van der Waals surface area (Å²) in [5, 5.41) is 11.4. The lowest BCUT2D eigenvalue weighted by atomic mass is 10.2. The van der Waals surface area contributed by atoms with E-state index in [-0.39, 0.29) is 5.88 Å². The number of ether oxygens (including phenoxy) is 1. The maximum absolute atomic E-state index is 11.5. The zero-order valence-corrected chi connectivity index (χ0v) is 13.0. The van der Waals surface area contributed by atoms with Gasteiger partial charge in [0.05, 0.1) is 23.9 Å². The highest BCUT2D eigenvalue weighted by Crippen LogP contribution is 2.28. The number of aromatic hydroxyl groups is 1. The molecular weight excluding hydrogens is 316 g/mol. The number of nitrogens with one attached hydrogen (secondary N) is 1. The van der Waals surface area contributed by atoms with E-state index in [9.17, 15) is 9.90 Å². The largest absolute Gasteiger partial charge is 0.494 e. The zero-order chi connectivity index (χ0) is 16.4. The van der Waals surface area contributed by atoms with Crippen molar-refractivity contribution >= 4 is 40.4 Å². The number of H-pyrrole nitrogens is 1. The second-order valence-corrected chi connectivity index (χ2v) is 5.31. The molecule has 0 unspecified atom stereocenters. The molecule has 0 aliphatic carbocycles. The number of halogens is 1. The van der Waals surface area contributed by atoms with Gasteiger partial charge in [-0.25, -0.2) is 4.79 Å². The highest BCUT2D eigenvalue weighted by Gasteiger charge is 2.09. The Morgan fingerprint density at radius 1 is 1.30 bits per heavy atom. The lowest BCUT2D eigenvalue weighted by molar-refractivity contribution is 0.0601. The number of aromatic nitrogens is 1. The number of carbonyl (C=O) groups excluding carboxylic acids is 1. The molecule has 6 heteroatoms. The summed E-state index contributed by atoms with van der Waals surface area (Å²) >= 11 is 6.00. The topological polar surface area (TPSA) is 74.7 Å². The molecule has 1 aromatic heterocycles. The number of hydrogen-bond acceptors (Lipinski definition) is 4. The van der Waals surface area contributed by atoms with Crippen LogP contribution in [0.3, 0.4) is 0 Å². The quantitative estimate of drug-likeness (QED) is 0.562. The minimum absolute atomic E-state index is 0.00939. The van der Waals surface area contributed by atoms with Crippen molar-refractivity contribution in [2.75, 3.05) is 7.11 Å². The predicted octanol–water partition coefficient (Wildman–Crippen LogP) is 4.06. The predicted molar refractivity (Wildman–Crippen MR) is 90.0 cm³/mol. The molecule has 0 amide bonds. The Bertz CT molecular complexity index is 915. The van der Waals surface area contributed by atoms with Crippen LogP contribution in [-0.2, 0) is 4.74 Å². The average molecular weight is 329 g/mol. The Morgan fingerprint density at radius 2 is 2.13 bits per heavy atom. The van der Waals surface area contributed by atoms with E-state index < -0.39 is 5.97 Å². The molecule has 0 saturated heterocycles. The van der Waals surface area contributed by atoms with Gasteiger partial charge in [0.15, 0.2) is 5.88 Å². The first kappa shape index (κ1) is 15.1. The van der Waals surface area contributed by atoms with Crippen LogP contribution in [0.25, 0.3) is 10.9 Å². The first-order valence-electron chi connectivity index (χ1n) is 6.81. The number of nitrogens with zero attached hydrogens (tertiary/aromatic N) is 1. The molecule has 0 aliphatic heterocycles. The summed E-state index contributed by atoms with van der Waals surface area (Å²) in [5.41, 5.74) is 2.28. The van der Waals surface area contributed by atoms with E-state index in [1.165, 1.54) is 13.3 Å². The summed E-state index contributed by atoms with van der Waals surface area (Å²) in [6.45, 7) is 0. The second-order valence-electron chi connectivity index (χ2n) is 4.88. The minimum atomic E-state index is -0.427. The Balaban J connectivity index is 1.99. The van der Waals surface area contributed by atoms with Gasteiger partial charge < -0.3 is 14.8 Å². The molecule has 2 aromatic carbocycles. The van der Waals surface area contributed by atoms with Crippen LogP contribution in [-0.4, -0.2) is 29.4 Å². The molecule has 3 rings (SSSR count). The lowest BCUT2D eigenvalue weighted by Crippen LogP contribution is -1.99.